The fourth-order valence-electron chi connectivity index (χ4n) is 2.36. The van der Waals surface area contributed by atoms with Gasteiger partial charge in [-0.05, 0) is 6.07 Å². The molecule has 0 atom stereocenters. The van der Waals surface area contributed by atoms with E-state index in [1.165, 1.54) is 23.4 Å². The quantitative estimate of drug-likeness (QED) is 0.915. The number of imidazole rings is 1. The van der Waals surface area contributed by atoms with E-state index in [2.05, 4.69) is 9.97 Å². The molecule has 1 fully saturated rings. The summed E-state index contributed by atoms with van der Waals surface area (Å²) in [5, 5.41) is -0.538. The molecule has 1 N–H and O–H groups in total. The predicted octanol–water partition coefficient (Wildman–Crippen LogP) is 0.961. The fraction of sp³-hybridized carbons (Fsp3) is 0.385. The third kappa shape index (κ3) is 2.29. The minimum absolute atomic E-state index is 0.0489. The van der Waals surface area contributed by atoms with Gasteiger partial charge in [-0.15, -0.1) is 0 Å². The van der Waals surface area contributed by atoms with Crippen LogP contribution in [0.2, 0.25) is 0 Å². The third-order valence-electron chi connectivity index (χ3n) is 3.78. The topological polar surface area (TPSA) is 83.1 Å². The molecule has 6 nitrogen and oxygen atoms in total. The molecule has 0 aliphatic carbocycles. The second-order valence-electron chi connectivity index (χ2n) is 5.04. The Labute approximate surface area is 120 Å². The highest BCUT2D eigenvalue weighted by Crippen LogP contribution is 2.23. The van der Waals surface area contributed by atoms with Gasteiger partial charge in [0, 0.05) is 24.9 Å². The zero-order chi connectivity index (χ0) is 15.2. The summed E-state index contributed by atoms with van der Waals surface area (Å²) >= 11 is 0. The molecule has 0 radical (unpaired) electrons. The first-order valence-corrected chi connectivity index (χ1v) is 8.27. The van der Waals surface area contributed by atoms with E-state index in [1.807, 2.05) is 0 Å². The van der Waals surface area contributed by atoms with Crippen molar-refractivity contribution in [3.05, 3.63) is 29.8 Å². The van der Waals surface area contributed by atoms with Crippen LogP contribution in [0.5, 0.6) is 0 Å². The van der Waals surface area contributed by atoms with E-state index >= 15 is 0 Å². The molecule has 1 saturated heterocycles. The van der Waals surface area contributed by atoms with Gasteiger partial charge in [0.2, 0.25) is 0 Å². The lowest BCUT2D eigenvalue weighted by Gasteiger charge is -2.38. The molecule has 1 aromatic heterocycles. The summed E-state index contributed by atoms with van der Waals surface area (Å²) in [7, 11) is -3.15. The van der Waals surface area contributed by atoms with Crippen molar-refractivity contribution in [3.8, 4) is 0 Å². The number of benzene rings is 1. The van der Waals surface area contributed by atoms with Crippen LogP contribution in [0.3, 0.4) is 0 Å². The van der Waals surface area contributed by atoms with Crippen molar-refractivity contribution >= 4 is 26.8 Å². The highest BCUT2D eigenvalue weighted by molar-refractivity contribution is 7.92. The van der Waals surface area contributed by atoms with Gasteiger partial charge in [0.15, 0.2) is 9.84 Å². The van der Waals surface area contributed by atoms with Crippen LogP contribution < -0.4 is 0 Å². The molecule has 2 aromatic rings. The molecule has 1 amide bonds. The van der Waals surface area contributed by atoms with Crippen LogP contribution in [-0.2, 0) is 9.84 Å². The lowest BCUT2D eigenvalue weighted by molar-refractivity contribution is 0.0654. The van der Waals surface area contributed by atoms with E-state index in [0.717, 1.165) is 0 Å². The Hall–Kier alpha value is -1.96. The summed E-state index contributed by atoms with van der Waals surface area (Å²) in [6.45, 7) is 1.81. The SMILES string of the molecule is CCS(=O)(=O)C1CN(C(=O)c2cc3nc[nH]c3cc2F)C1. The Kier molecular flexibility index (Phi) is 3.20. The minimum Gasteiger partial charge on any atom is -0.345 e. The Morgan fingerprint density at radius 1 is 1.48 bits per heavy atom. The van der Waals surface area contributed by atoms with E-state index in [4.69, 9.17) is 0 Å². The first-order valence-electron chi connectivity index (χ1n) is 6.56. The summed E-state index contributed by atoms with van der Waals surface area (Å²) in [5.41, 5.74) is 0.930. The van der Waals surface area contributed by atoms with Crippen molar-refractivity contribution in [2.24, 2.45) is 0 Å². The minimum atomic E-state index is -3.15. The number of aromatic amines is 1. The number of nitrogens with one attached hydrogen (secondary N) is 1. The van der Waals surface area contributed by atoms with E-state index in [9.17, 15) is 17.6 Å². The summed E-state index contributed by atoms with van der Waals surface area (Å²) in [6, 6.07) is 2.60. The zero-order valence-corrected chi connectivity index (χ0v) is 12.2. The van der Waals surface area contributed by atoms with Crippen LogP contribution in [0.15, 0.2) is 18.5 Å². The molecular weight excluding hydrogens is 297 g/mol. The lowest BCUT2D eigenvalue weighted by atomic mass is 10.1. The third-order valence-corrected chi connectivity index (χ3v) is 5.90. The summed E-state index contributed by atoms with van der Waals surface area (Å²) in [6.07, 6.45) is 1.42. The van der Waals surface area contributed by atoms with Gasteiger partial charge in [-0.3, -0.25) is 4.79 Å². The maximum atomic E-state index is 14.0. The monoisotopic (exact) mass is 311 g/mol. The molecule has 8 heteroatoms. The molecule has 0 spiro atoms. The normalized spacial score (nSPS) is 16.2. The standard InChI is InChI=1S/C13H14FN3O3S/c1-2-21(19,20)8-5-17(6-8)13(18)9-3-11-12(4-10(9)14)16-7-15-11/h3-4,7-8H,2,5-6H2,1H3,(H,15,16). The number of H-pyrrole nitrogens is 1. The number of nitrogens with zero attached hydrogens (tertiary/aromatic N) is 2. The Balaban J connectivity index is 1.81. The number of sulfone groups is 1. The van der Waals surface area contributed by atoms with Crippen LogP contribution in [0.25, 0.3) is 11.0 Å². The van der Waals surface area contributed by atoms with Crippen molar-refractivity contribution < 1.29 is 17.6 Å². The summed E-state index contributed by atoms with van der Waals surface area (Å²) in [5.74, 6) is -1.09. The Morgan fingerprint density at radius 3 is 2.86 bits per heavy atom. The largest absolute Gasteiger partial charge is 0.345 e. The van der Waals surface area contributed by atoms with Crippen molar-refractivity contribution in [2.75, 3.05) is 18.8 Å². The van der Waals surface area contributed by atoms with Crippen LogP contribution in [0.1, 0.15) is 17.3 Å². The lowest BCUT2D eigenvalue weighted by Crippen LogP contribution is -2.57. The molecule has 112 valence electrons. The number of halogens is 1. The number of rotatable bonds is 3. The maximum Gasteiger partial charge on any atom is 0.256 e. The average molecular weight is 311 g/mol. The number of carbonyl (C=O) groups excluding carboxylic acids is 1. The second kappa shape index (κ2) is 4.80. The molecule has 1 aromatic carbocycles. The number of hydrogen-bond donors (Lipinski definition) is 1. The van der Waals surface area contributed by atoms with Crippen molar-refractivity contribution in [1.29, 1.82) is 0 Å². The van der Waals surface area contributed by atoms with E-state index < -0.39 is 26.8 Å². The molecule has 0 saturated carbocycles. The first-order chi connectivity index (χ1) is 9.92. The number of hydrogen-bond acceptors (Lipinski definition) is 4. The van der Waals surface area contributed by atoms with E-state index in [0.29, 0.717) is 11.0 Å². The molecule has 1 aliphatic heterocycles. The summed E-state index contributed by atoms with van der Waals surface area (Å²) < 4.78 is 37.3. The highest BCUT2D eigenvalue weighted by atomic mass is 32.2. The first kappa shape index (κ1) is 14.0. The van der Waals surface area contributed by atoms with Crippen LogP contribution in [0.4, 0.5) is 4.39 Å². The molecule has 0 unspecified atom stereocenters. The molecule has 0 bridgehead atoms. The number of carbonyl (C=O) groups is 1. The van der Waals surface area contributed by atoms with Gasteiger partial charge in [0.25, 0.3) is 5.91 Å². The van der Waals surface area contributed by atoms with Crippen LogP contribution in [-0.4, -0.2) is 53.3 Å². The highest BCUT2D eigenvalue weighted by Gasteiger charge is 2.39. The second-order valence-corrected chi connectivity index (χ2v) is 7.61. The van der Waals surface area contributed by atoms with E-state index in [-0.39, 0.29) is 24.4 Å². The van der Waals surface area contributed by atoms with Crippen molar-refractivity contribution in [3.63, 3.8) is 0 Å². The van der Waals surface area contributed by atoms with Gasteiger partial charge in [0.1, 0.15) is 5.82 Å². The molecule has 21 heavy (non-hydrogen) atoms. The zero-order valence-electron chi connectivity index (χ0n) is 11.3. The number of fused-ring (bicyclic) bond motifs is 1. The van der Waals surface area contributed by atoms with Gasteiger partial charge >= 0.3 is 0 Å². The maximum absolute atomic E-state index is 14.0. The fourth-order valence-corrected chi connectivity index (χ4v) is 3.64. The predicted molar refractivity (Wildman–Crippen MR) is 75.2 cm³/mol. The molecule has 3 rings (SSSR count). The van der Waals surface area contributed by atoms with Gasteiger partial charge in [-0.1, -0.05) is 6.92 Å². The number of amides is 1. The molecular formula is C13H14FN3O3S. The van der Waals surface area contributed by atoms with Gasteiger partial charge in [-0.25, -0.2) is 17.8 Å². The van der Waals surface area contributed by atoms with Crippen LogP contribution >= 0.6 is 0 Å². The molecule has 2 heterocycles. The van der Waals surface area contributed by atoms with Crippen LogP contribution in [0, 0.1) is 5.82 Å². The van der Waals surface area contributed by atoms with Gasteiger partial charge < -0.3 is 9.88 Å². The van der Waals surface area contributed by atoms with Crippen molar-refractivity contribution in [1.82, 2.24) is 14.9 Å². The Morgan fingerprint density at radius 2 is 2.19 bits per heavy atom. The van der Waals surface area contributed by atoms with Crippen molar-refractivity contribution in [2.45, 2.75) is 12.2 Å². The van der Waals surface area contributed by atoms with Gasteiger partial charge in [0.05, 0.1) is 28.2 Å². The number of likely N-dealkylation sites (tertiary alicyclic amines) is 1. The smallest absolute Gasteiger partial charge is 0.256 e. The Bertz CT molecular complexity index is 809. The number of aromatic nitrogens is 2. The van der Waals surface area contributed by atoms with E-state index in [1.54, 1.807) is 6.92 Å². The average Bonchev–Trinajstić information content (AvgIpc) is 2.82. The molecule has 1 aliphatic rings. The van der Waals surface area contributed by atoms with Gasteiger partial charge in [-0.2, -0.15) is 0 Å². The summed E-state index contributed by atoms with van der Waals surface area (Å²) in [4.78, 5) is 20.3.